The van der Waals surface area contributed by atoms with Gasteiger partial charge in [0.15, 0.2) is 17.4 Å². The van der Waals surface area contributed by atoms with Crippen LogP contribution < -0.4 is 14.6 Å². The Bertz CT molecular complexity index is 952. The summed E-state index contributed by atoms with van der Waals surface area (Å²) < 4.78 is 30.7. The number of nitrogens with zero attached hydrogens (tertiary/aromatic N) is 1. The molecule has 0 spiro atoms. The van der Waals surface area contributed by atoms with Crippen LogP contribution in [0.1, 0.15) is 22.0 Å². The number of aromatic nitrogens is 1. The molecule has 4 nitrogen and oxygen atoms in total. The van der Waals surface area contributed by atoms with Crippen LogP contribution in [-0.4, -0.2) is 17.4 Å². The van der Waals surface area contributed by atoms with Crippen molar-refractivity contribution in [1.29, 1.82) is 0 Å². The van der Waals surface area contributed by atoms with Crippen LogP contribution in [0.2, 0.25) is 0 Å². The summed E-state index contributed by atoms with van der Waals surface area (Å²) in [5.74, 6) is -0.263. The molecule has 3 aromatic rings. The SMILES string of the molecule is O=C(c1ccc(OC(F)F)cc1)C(C(=S)NCc1ccccc1)[n+]1ccccc1. The van der Waals surface area contributed by atoms with E-state index in [-0.39, 0.29) is 11.5 Å². The highest BCUT2D eigenvalue weighted by Gasteiger charge is 2.33. The van der Waals surface area contributed by atoms with Gasteiger partial charge in [0.1, 0.15) is 5.75 Å². The molecular formula is C22H19F2N2O2S+. The van der Waals surface area contributed by atoms with Gasteiger partial charge < -0.3 is 10.1 Å². The van der Waals surface area contributed by atoms with E-state index in [9.17, 15) is 13.6 Å². The normalized spacial score (nSPS) is 11.7. The maximum Gasteiger partial charge on any atom is 0.387 e. The van der Waals surface area contributed by atoms with Crippen molar-refractivity contribution >= 4 is 23.0 Å². The Labute approximate surface area is 172 Å². The highest BCUT2D eigenvalue weighted by Crippen LogP contribution is 2.18. The maximum absolute atomic E-state index is 13.2. The largest absolute Gasteiger partial charge is 0.435 e. The van der Waals surface area contributed by atoms with Gasteiger partial charge in [0.25, 0.3) is 6.04 Å². The molecule has 148 valence electrons. The minimum absolute atomic E-state index is 0.00903. The molecule has 0 saturated carbocycles. The first-order valence-electron chi connectivity index (χ1n) is 8.91. The standard InChI is InChI=1S/C22H18F2N2O2S/c23-22(24)28-18-11-9-17(10-12-18)20(27)19(26-13-5-2-6-14-26)21(29)25-15-16-7-3-1-4-8-16/h1-14,19,22H,15H2/p+1. The van der Waals surface area contributed by atoms with Crippen LogP contribution in [-0.2, 0) is 6.54 Å². The monoisotopic (exact) mass is 413 g/mol. The van der Waals surface area contributed by atoms with Crippen molar-refractivity contribution in [2.24, 2.45) is 0 Å². The third-order valence-electron chi connectivity index (χ3n) is 4.21. The van der Waals surface area contributed by atoms with Crippen molar-refractivity contribution in [2.45, 2.75) is 19.2 Å². The van der Waals surface area contributed by atoms with Gasteiger partial charge in [-0.15, -0.1) is 0 Å². The number of nitrogens with one attached hydrogen (secondary N) is 1. The third kappa shape index (κ3) is 5.65. The van der Waals surface area contributed by atoms with Gasteiger partial charge in [0.2, 0.25) is 5.78 Å². The fraction of sp³-hybridized carbons (Fsp3) is 0.136. The fourth-order valence-corrected chi connectivity index (χ4v) is 3.12. The lowest BCUT2D eigenvalue weighted by Crippen LogP contribution is -2.51. The molecule has 0 aliphatic heterocycles. The van der Waals surface area contributed by atoms with Gasteiger partial charge in [-0.1, -0.05) is 48.6 Å². The molecule has 1 N–H and O–H groups in total. The number of thiocarbonyl (C=S) groups is 1. The molecule has 0 radical (unpaired) electrons. The number of ketones is 1. The lowest BCUT2D eigenvalue weighted by Gasteiger charge is -2.15. The summed E-state index contributed by atoms with van der Waals surface area (Å²) in [6.45, 7) is -2.43. The Kier molecular flexibility index (Phi) is 6.97. The van der Waals surface area contributed by atoms with Crippen molar-refractivity contribution in [3.8, 4) is 5.75 Å². The van der Waals surface area contributed by atoms with Crippen LogP contribution in [0.4, 0.5) is 8.78 Å². The first kappa shape index (κ1) is 20.5. The second-order valence-electron chi connectivity index (χ2n) is 6.20. The number of halogens is 2. The fourth-order valence-electron chi connectivity index (χ4n) is 2.81. The predicted octanol–water partition coefficient (Wildman–Crippen LogP) is 4.12. The average molecular weight is 413 g/mol. The van der Waals surface area contributed by atoms with Gasteiger partial charge >= 0.3 is 6.61 Å². The summed E-state index contributed by atoms with van der Waals surface area (Å²) in [6.07, 6.45) is 3.51. The molecular weight excluding hydrogens is 394 g/mol. The van der Waals surface area contributed by atoms with Crippen molar-refractivity contribution in [1.82, 2.24) is 5.32 Å². The number of carbonyl (C=O) groups excluding carboxylic acids is 1. The number of Topliss-reactive ketones (excluding diaryl/α,β-unsaturated/α-hetero) is 1. The first-order valence-corrected chi connectivity index (χ1v) is 9.32. The molecule has 7 heteroatoms. The van der Waals surface area contributed by atoms with Crippen LogP contribution in [0, 0.1) is 0 Å². The zero-order valence-corrected chi connectivity index (χ0v) is 16.2. The molecule has 0 saturated heterocycles. The van der Waals surface area contributed by atoms with E-state index in [0.29, 0.717) is 17.1 Å². The molecule has 1 heterocycles. The van der Waals surface area contributed by atoms with Crippen LogP contribution in [0.3, 0.4) is 0 Å². The highest BCUT2D eigenvalue weighted by molar-refractivity contribution is 7.80. The molecule has 0 aliphatic rings. The second kappa shape index (κ2) is 9.84. The Morgan fingerprint density at radius 3 is 2.21 bits per heavy atom. The molecule has 0 aliphatic carbocycles. The van der Waals surface area contributed by atoms with Gasteiger partial charge in [0, 0.05) is 24.2 Å². The van der Waals surface area contributed by atoms with E-state index < -0.39 is 12.7 Å². The van der Waals surface area contributed by atoms with E-state index >= 15 is 0 Å². The first-order chi connectivity index (χ1) is 14.0. The third-order valence-corrected chi connectivity index (χ3v) is 4.57. The second-order valence-corrected chi connectivity index (χ2v) is 6.64. The van der Waals surface area contributed by atoms with Crippen LogP contribution >= 0.6 is 12.2 Å². The Morgan fingerprint density at radius 2 is 1.59 bits per heavy atom. The topological polar surface area (TPSA) is 42.2 Å². The highest BCUT2D eigenvalue weighted by atomic mass is 32.1. The molecule has 1 aromatic heterocycles. The number of pyridine rings is 1. The van der Waals surface area contributed by atoms with E-state index in [1.165, 1.54) is 24.3 Å². The quantitative estimate of drug-likeness (QED) is 0.343. The van der Waals surface area contributed by atoms with Gasteiger partial charge in [-0.05, 0) is 29.8 Å². The summed E-state index contributed by atoms with van der Waals surface area (Å²) >= 11 is 5.54. The molecule has 0 bridgehead atoms. The maximum atomic E-state index is 13.2. The van der Waals surface area contributed by atoms with E-state index in [1.807, 2.05) is 36.4 Å². The molecule has 29 heavy (non-hydrogen) atoms. The summed E-state index contributed by atoms with van der Waals surface area (Å²) in [5.41, 5.74) is 1.38. The summed E-state index contributed by atoms with van der Waals surface area (Å²) in [7, 11) is 0. The van der Waals surface area contributed by atoms with E-state index in [2.05, 4.69) is 10.1 Å². The lowest BCUT2D eigenvalue weighted by molar-refractivity contribution is -0.692. The van der Waals surface area contributed by atoms with Gasteiger partial charge in [-0.2, -0.15) is 13.3 Å². The molecule has 1 atom stereocenters. The van der Waals surface area contributed by atoms with Crippen LogP contribution in [0.15, 0.2) is 85.2 Å². The van der Waals surface area contributed by atoms with Crippen molar-refractivity contribution in [2.75, 3.05) is 0 Å². The zero-order valence-electron chi connectivity index (χ0n) is 15.4. The number of benzene rings is 2. The lowest BCUT2D eigenvalue weighted by atomic mass is 10.0. The van der Waals surface area contributed by atoms with Crippen LogP contribution in [0.25, 0.3) is 0 Å². The van der Waals surface area contributed by atoms with E-state index in [1.54, 1.807) is 29.1 Å². The summed E-state index contributed by atoms with van der Waals surface area (Å²) in [4.78, 5) is 13.6. The Balaban J connectivity index is 1.81. The molecule has 3 rings (SSSR count). The van der Waals surface area contributed by atoms with Gasteiger partial charge in [-0.25, -0.2) is 0 Å². The number of carbonyl (C=O) groups is 1. The van der Waals surface area contributed by atoms with Crippen molar-refractivity contribution < 1.29 is 22.9 Å². The average Bonchev–Trinajstić information content (AvgIpc) is 2.74. The van der Waals surface area contributed by atoms with Crippen LogP contribution in [0.5, 0.6) is 5.75 Å². The molecule has 2 aromatic carbocycles. The van der Waals surface area contributed by atoms with Gasteiger partial charge in [-0.3, -0.25) is 4.79 Å². The number of alkyl halides is 2. The van der Waals surface area contributed by atoms with E-state index in [4.69, 9.17) is 12.2 Å². The smallest absolute Gasteiger partial charge is 0.387 e. The number of rotatable bonds is 8. The minimum atomic E-state index is -2.92. The zero-order chi connectivity index (χ0) is 20.6. The number of hydrogen-bond acceptors (Lipinski definition) is 3. The minimum Gasteiger partial charge on any atom is -0.435 e. The Hall–Kier alpha value is -3.19. The number of hydrogen-bond donors (Lipinski definition) is 1. The molecule has 1 unspecified atom stereocenters. The Morgan fingerprint density at radius 1 is 0.966 bits per heavy atom. The van der Waals surface area contributed by atoms with Crippen molar-refractivity contribution in [3.05, 3.63) is 96.3 Å². The predicted molar refractivity (Wildman–Crippen MR) is 109 cm³/mol. The number of ether oxygens (including phenoxy) is 1. The molecule has 0 fully saturated rings. The summed E-state index contributed by atoms with van der Waals surface area (Å²) in [6, 6.07) is 20.0. The van der Waals surface area contributed by atoms with E-state index in [0.717, 1.165) is 5.56 Å². The molecule has 0 amide bonds. The summed E-state index contributed by atoms with van der Waals surface area (Å²) in [5, 5.41) is 3.15. The van der Waals surface area contributed by atoms with Crippen molar-refractivity contribution in [3.63, 3.8) is 0 Å². The van der Waals surface area contributed by atoms with Gasteiger partial charge in [0.05, 0.1) is 0 Å².